The minimum atomic E-state index is 0.604. The van der Waals surface area contributed by atoms with Gasteiger partial charge in [0, 0.05) is 19.1 Å². The Morgan fingerprint density at radius 1 is 1.25 bits per heavy atom. The summed E-state index contributed by atoms with van der Waals surface area (Å²) in [5, 5.41) is 3.58. The maximum Gasteiger partial charge on any atom is 0.00966 e. The van der Waals surface area contributed by atoms with Gasteiger partial charge in [0.15, 0.2) is 0 Å². The third-order valence-corrected chi connectivity index (χ3v) is 4.23. The normalized spacial score (nSPS) is 30.2. The maximum absolute atomic E-state index is 3.58. The largest absolute Gasteiger partial charge is 0.316 e. The van der Waals surface area contributed by atoms with Crippen LogP contribution in [0.25, 0.3) is 0 Å². The van der Waals surface area contributed by atoms with Crippen LogP contribution in [0.15, 0.2) is 0 Å². The Bertz CT molecular complexity index is 205. The van der Waals surface area contributed by atoms with Crippen molar-refractivity contribution in [2.75, 3.05) is 26.2 Å². The van der Waals surface area contributed by atoms with Gasteiger partial charge in [0.2, 0.25) is 0 Å². The maximum atomic E-state index is 3.58. The van der Waals surface area contributed by atoms with Crippen LogP contribution in [0, 0.1) is 5.41 Å². The molecule has 1 heterocycles. The Morgan fingerprint density at radius 3 is 2.56 bits per heavy atom. The van der Waals surface area contributed by atoms with E-state index in [4.69, 9.17) is 0 Å². The van der Waals surface area contributed by atoms with E-state index in [2.05, 4.69) is 24.1 Å². The smallest absolute Gasteiger partial charge is 0.00966 e. The fraction of sp³-hybridized carbons (Fsp3) is 1.00. The molecular weight excluding hydrogens is 196 g/mol. The topological polar surface area (TPSA) is 15.3 Å². The van der Waals surface area contributed by atoms with E-state index in [-0.39, 0.29) is 0 Å². The summed E-state index contributed by atoms with van der Waals surface area (Å²) in [6.07, 6.45) is 8.37. The highest BCUT2D eigenvalue weighted by Crippen LogP contribution is 2.36. The fourth-order valence-electron chi connectivity index (χ4n) is 3.30. The van der Waals surface area contributed by atoms with Crippen molar-refractivity contribution in [3.63, 3.8) is 0 Å². The first-order chi connectivity index (χ1) is 7.79. The molecule has 0 amide bonds. The van der Waals surface area contributed by atoms with Crippen LogP contribution in [0.3, 0.4) is 0 Å². The van der Waals surface area contributed by atoms with E-state index in [0.29, 0.717) is 5.41 Å². The molecule has 1 N–H and O–H groups in total. The number of hydrogen-bond donors (Lipinski definition) is 1. The summed E-state index contributed by atoms with van der Waals surface area (Å²) in [5.41, 5.74) is 0.604. The van der Waals surface area contributed by atoms with Gasteiger partial charge < -0.3 is 5.32 Å². The van der Waals surface area contributed by atoms with Crippen LogP contribution >= 0.6 is 0 Å². The van der Waals surface area contributed by atoms with Gasteiger partial charge in [0.1, 0.15) is 0 Å². The molecule has 0 aromatic carbocycles. The molecule has 16 heavy (non-hydrogen) atoms. The molecule has 2 heteroatoms. The summed E-state index contributed by atoms with van der Waals surface area (Å²) in [6.45, 7) is 9.82. The third-order valence-electron chi connectivity index (χ3n) is 4.23. The van der Waals surface area contributed by atoms with Crippen LogP contribution in [0.5, 0.6) is 0 Å². The third kappa shape index (κ3) is 2.98. The Labute approximate surface area is 101 Å². The van der Waals surface area contributed by atoms with E-state index < -0.39 is 0 Å². The summed E-state index contributed by atoms with van der Waals surface area (Å²) in [4.78, 5) is 2.78. The molecule has 1 atom stereocenters. The number of hydrogen-bond acceptors (Lipinski definition) is 2. The van der Waals surface area contributed by atoms with Gasteiger partial charge in [-0.3, -0.25) is 4.90 Å². The van der Waals surface area contributed by atoms with Crippen molar-refractivity contribution >= 4 is 0 Å². The molecule has 0 aromatic heterocycles. The first-order valence-corrected chi connectivity index (χ1v) is 7.24. The minimum absolute atomic E-state index is 0.604. The predicted octanol–water partition coefficient (Wildman–Crippen LogP) is 2.64. The Balaban J connectivity index is 1.91. The second-order valence-corrected chi connectivity index (χ2v) is 5.88. The lowest BCUT2D eigenvalue weighted by Gasteiger charge is -2.35. The summed E-state index contributed by atoms with van der Waals surface area (Å²) in [5.74, 6) is 0. The number of nitrogens with one attached hydrogen (secondary N) is 1. The zero-order chi connectivity index (χ0) is 11.4. The first kappa shape index (κ1) is 12.4. The molecule has 2 nitrogen and oxygen atoms in total. The molecule has 1 aliphatic heterocycles. The summed E-state index contributed by atoms with van der Waals surface area (Å²) in [7, 11) is 0. The van der Waals surface area contributed by atoms with Crippen LogP contribution in [-0.4, -0.2) is 37.1 Å². The molecule has 0 radical (unpaired) electrons. The van der Waals surface area contributed by atoms with Crippen LogP contribution in [-0.2, 0) is 0 Å². The molecule has 2 rings (SSSR count). The lowest BCUT2D eigenvalue weighted by molar-refractivity contribution is 0.145. The Kier molecular flexibility index (Phi) is 4.26. The van der Waals surface area contributed by atoms with Gasteiger partial charge in [-0.1, -0.05) is 20.3 Å². The molecule has 0 bridgehead atoms. The van der Waals surface area contributed by atoms with Crippen LogP contribution in [0.4, 0.5) is 0 Å². The Morgan fingerprint density at radius 2 is 2.06 bits per heavy atom. The summed E-state index contributed by atoms with van der Waals surface area (Å²) >= 11 is 0. The quantitative estimate of drug-likeness (QED) is 0.715. The van der Waals surface area contributed by atoms with Gasteiger partial charge in [-0.15, -0.1) is 0 Å². The predicted molar refractivity (Wildman–Crippen MR) is 69.7 cm³/mol. The molecule has 2 fully saturated rings. The molecule has 0 spiro atoms. The molecule has 1 saturated carbocycles. The number of rotatable bonds is 7. The van der Waals surface area contributed by atoms with E-state index in [1.54, 1.807) is 0 Å². The van der Waals surface area contributed by atoms with E-state index in [1.807, 2.05) is 0 Å². The van der Waals surface area contributed by atoms with Crippen molar-refractivity contribution in [2.24, 2.45) is 5.41 Å². The van der Waals surface area contributed by atoms with Crippen molar-refractivity contribution in [3.05, 3.63) is 0 Å². The minimum Gasteiger partial charge on any atom is -0.316 e. The zero-order valence-electron chi connectivity index (χ0n) is 11.1. The molecule has 1 saturated heterocycles. The molecule has 1 aliphatic carbocycles. The zero-order valence-corrected chi connectivity index (χ0v) is 11.1. The van der Waals surface area contributed by atoms with Crippen molar-refractivity contribution in [2.45, 2.75) is 58.4 Å². The lowest BCUT2D eigenvalue weighted by atomic mass is 9.82. The van der Waals surface area contributed by atoms with Crippen LogP contribution < -0.4 is 5.32 Å². The SMILES string of the molecule is CCCN(CC1(CCC)CCNC1)C1CC1. The second kappa shape index (κ2) is 5.50. The highest BCUT2D eigenvalue weighted by molar-refractivity contribution is 4.94. The highest BCUT2D eigenvalue weighted by atomic mass is 15.2. The van der Waals surface area contributed by atoms with Crippen molar-refractivity contribution in [1.82, 2.24) is 10.2 Å². The number of nitrogens with zero attached hydrogens (tertiary/aromatic N) is 1. The fourth-order valence-corrected chi connectivity index (χ4v) is 3.30. The summed E-state index contributed by atoms with van der Waals surface area (Å²) < 4.78 is 0. The second-order valence-electron chi connectivity index (χ2n) is 5.88. The van der Waals surface area contributed by atoms with E-state index in [9.17, 15) is 0 Å². The van der Waals surface area contributed by atoms with Crippen LogP contribution in [0.1, 0.15) is 52.4 Å². The average molecular weight is 224 g/mol. The van der Waals surface area contributed by atoms with Gasteiger partial charge in [-0.05, 0) is 50.6 Å². The van der Waals surface area contributed by atoms with Crippen molar-refractivity contribution in [1.29, 1.82) is 0 Å². The van der Waals surface area contributed by atoms with Crippen molar-refractivity contribution < 1.29 is 0 Å². The summed E-state index contributed by atoms with van der Waals surface area (Å²) in [6, 6.07) is 0.939. The average Bonchev–Trinajstić information content (AvgIpc) is 3.02. The molecule has 0 aromatic rings. The molecule has 1 unspecified atom stereocenters. The molecule has 2 aliphatic rings. The van der Waals surface area contributed by atoms with Gasteiger partial charge in [0.05, 0.1) is 0 Å². The van der Waals surface area contributed by atoms with E-state index in [0.717, 1.165) is 6.04 Å². The van der Waals surface area contributed by atoms with Gasteiger partial charge in [-0.2, -0.15) is 0 Å². The standard InChI is InChI=1S/C14H28N2/c1-3-7-14(8-9-15-11-14)12-16(10-4-2)13-5-6-13/h13,15H,3-12H2,1-2H3. The van der Waals surface area contributed by atoms with E-state index in [1.165, 1.54) is 64.7 Å². The van der Waals surface area contributed by atoms with Crippen molar-refractivity contribution in [3.8, 4) is 0 Å². The monoisotopic (exact) mass is 224 g/mol. The molecule has 94 valence electrons. The highest BCUT2D eigenvalue weighted by Gasteiger charge is 2.38. The van der Waals surface area contributed by atoms with E-state index >= 15 is 0 Å². The Hall–Kier alpha value is -0.0800. The van der Waals surface area contributed by atoms with Crippen LogP contribution in [0.2, 0.25) is 0 Å². The molecular formula is C14H28N2. The lowest BCUT2D eigenvalue weighted by Crippen LogP contribution is -2.40. The first-order valence-electron chi connectivity index (χ1n) is 7.24. The van der Waals surface area contributed by atoms with Gasteiger partial charge >= 0.3 is 0 Å². The van der Waals surface area contributed by atoms with Gasteiger partial charge in [-0.25, -0.2) is 0 Å². The van der Waals surface area contributed by atoms with Gasteiger partial charge in [0.25, 0.3) is 0 Å².